The van der Waals surface area contributed by atoms with Gasteiger partial charge in [-0.1, -0.05) is 60.7 Å². The summed E-state index contributed by atoms with van der Waals surface area (Å²) in [6.07, 6.45) is -0.498. The van der Waals surface area contributed by atoms with Gasteiger partial charge in [0.15, 0.2) is 0 Å². The molecule has 134 valence electrons. The van der Waals surface area contributed by atoms with Crippen LogP contribution in [0.15, 0.2) is 60.7 Å². The summed E-state index contributed by atoms with van der Waals surface area (Å²) in [5.41, 5.74) is 1.97. The third-order valence-electron chi connectivity index (χ3n) is 4.63. The summed E-state index contributed by atoms with van der Waals surface area (Å²) in [6.45, 7) is 5.86. The van der Waals surface area contributed by atoms with Gasteiger partial charge in [-0.05, 0) is 18.1 Å². The molecule has 2 unspecified atom stereocenters. The zero-order chi connectivity index (χ0) is 17.5. The first-order valence-electron chi connectivity index (χ1n) is 8.87. The summed E-state index contributed by atoms with van der Waals surface area (Å²) in [5, 5.41) is 10.3. The first kappa shape index (κ1) is 18.1. The molecule has 0 radical (unpaired) electrons. The van der Waals surface area contributed by atoms with Gasteiger partial charge in [0.2, 0.25) is 0 Å². The second-order valence-corrected chi connectivity index (χ2v) is 6.84. The Bertz CT molecular complexity index is 634. The molecule has 2 atom stereocenters. The summed E-state index contributed by atoms with van der Waals surface area (Å²) in [7, 11) is 0. The Labute approximate surface area is 150 Å². The Hall–Kier alpha value is -1.72. The average Bonchev–Trinajstić information content (AvgIpc) is 2.63. The number of ether oxygens (including phenoxy) is 2. The van der Waals surface area contributed by atoms with E-state index >= 15 is 0 Å². The molecule has 0 bridgehead atoms. The summed E-state index contributed by atoms with van der Waals surface area (Å²) >= 11 is 0. The Morgan fingerprint density at radius 1 is 1.12 bits per heavy atom. The van der Waals surface area contributed by atoms with Crippen molar-refractivity contribution in [2.45, 2.75) is 25.2 Å². The fraction of sp³-hybridized carbons (Fsp3) is 0.429. The quantitative estimate of drug-likeness (QED) is 0.841. The number of aliphatic hydroxyl groups excluding tert-OH is 1. The minimum Gasteiger partial charge on any atom is -0.389 e. The van der Waals surface area contributed by atoms with Gasteiger partial charge in [0.25, 0.3) is 0 Å². The van der Waals surface area contributed by atoms with Crippen LogP contribution in [0.4, 0.5) is 0 Å². The molecular formula is C21H27NO3. The molecule has 1 N–H and O–H groups in total. The van der Waals surface area contributed by atoms with Crippen LogP contribution in [0.2, 0.25) is 0 Å². The van der Waals surface area contributed by atoms with Crippen molar-refractivity contribution in [3.8, 4) is 0 Å². The Kier molecular flexibility index (Phi) is 6.21. The number of rotatable bonds is 7. The largest absolute Gasteiger partial charge is 0.389 e. The second-order valence-electron chi connectivity index (χ2n) is 6.84. The van der Waals surface area contributed by atoms with Crippen LogP contribution in [0, 0.1) is 0 Å². The minimum absolute atomic E-state index is 0.329. The molecule has 0 saturated carbocycles. The molecule has 0 spiro atoms. The van der Waals surface area contributed by atoms with Crippen molar-refractivity contribution in [1.82, 2.24) is 4.90 Å². The minimum atomic E-state index is -0.498. The maximum absolute atomic E-state index is 10.3. The molecule has 4 nitrogen and oxygen atoms in total. The summed E-state index contributed by atoms with van der Waals surface area (Å²) in [5.74, 6) is 0. The molecule has 0 aromatic heterocycles. The van der Waals surface area contributed by atoms with Gasteiger partial charge in [-0.2, -0.15) is 0 Å². The lowest BCUT2D eigenvalue weighted by atomic mass is 9.94. The van der Waals surface area contributed by atoms with Crippen molar-refractivity contribution in [1.29, 1.82) is 0 Å². The van der Waals surface area contributed by atoms with Crippen LogP contribution < -0.4 is 0 Å². The zero-order valence-corrected chi connectivity index (χ0v) is 14.8. The van der Waals surface area contributed by atoms with Crippen LogP contribution in [0.3, 0.4) is 0 Å². The van der Waals surface area contributed by atoms with Gasteiger partial charge in [0.05, 0.1) is 25.9 Å². The molecule has 0 amide bonds. The van der Waals surface area contributed by atoms with E-state index in [0.717, 1.165) is 18.7 Å². The van der Waals surface area contributed by atoms with Crippen molar-refractivity contribution >= 4 is 0 Å². The van der Waals surface area contributed by atoms with E-state index in [2.05, 4.69) is 24.0 Å². The van der Waals surface area contributed by atoms with Crippen LogP contribution in [0.25, 0.3) is 0 Å². The van der Waals surface area contributed by atoms with E-state index < -0.39 is 6.10 Å². The van der Waals surface area contributed by atoms with Crippen molar-refractivity contribution in [3.05, 3.63) is 71.8 Å². The number of hydrogen-bond donors (Lipinski definition) is 1. The maximum atomic E-state index is 10.3. The Balaban J connectivity index is 1.47. The number of nitrogens with zero attached hydrogens (tertiary/aromatic N) is 1. The smallest absolute Gasteiger partial charge is 0.103 e. The Morgan fingerprint density at radius 3 is 2.52 bits per heavy atom. The number of benzene rings is 2. The molecule has 1 aliphatic heterocycles. The van der Waals surface area contributed by atoms with Crippen LogP contribution in [-0.2, 0) is 21.7 Å². The third-order valence-corrected chi connectivity index (χ3v) is 4.63. The molecule has 4 heteroatoms. The molecule has 1 heterocycles. The standard InChI is InChI=1S/C21H27NO3/c1-21(19-10-6-3-7-11-19)17-22(12-13-25-21)14-20(23)16-24-15-18-8-4-2-5-9-18/h2-11,20,23H,12-17H2,1H3. The average molecular weight is 341 g/mol. The van der Waals surface area contributed by atoms with E-state index in [-0.39, 0.29) is 5.60 Å². The molecule has 25 heavy (non-hydrogen) atoms. The van der Waals surface area contributed by atoms with E-state index in [1.807, 2.05) is 48.5 Å². The van der Waals surface area contributed by atoms with Gasteiger partial charge >= 0.3 is 0 Å². The molecule has 2 aromatic rings. The number of aliphatic hydroxyl groups is 1. The van der Waals surface area contributed by atoms with Crippen molar-refractivity contribution in [3.63, 3.8) is 0 Å². The lowest BCUT2D eigenvalue weighted by Crippen LogP contribution is -2.50. The van der Waals surface area contributed by atoms with E-state index in [1.165, 1.54) is 5.56 Å². The molecule has 2 aromatic carbocycles. The van der Waals surface area contributed by atoms with Gasteiger partial charge in [-0.3, -0.25) is 4.90 Å². The highest BCUT2D eigenvalue weighted by Gasteiger charge is 2.34. The monoisotopic (exact) mass is 341 g/mol. The van der Waals surface area contributed by atoms with Crippen LogP contribution in [-0.4, -0.2) is 49.0 Å². The van der Waals surface area contributed by atoms with Gasteiger partial charge in [0, 0.05) is 19.6 Å². The molecule has 1 saturated heterocycles. The second kappa shape index (κ2) is 8.59. The highest BCUT2D eigenvalue weighted by atomic mass is 16.5. The topological polar surface area (TPSA) is 41.9 Å². The first-order valence-corrected chi connectivity index (χ1v) is 8.87. The van der Waals surface area contributed by atoms with E-state index in [0.29, 0.717) is 26.4 Å². The SMILES string of the molecule is CC1(c2ccccc2)CN(CC(O)COCc2ccccc2)CCO1. The predicted octanol–water partition coefficient (Wildman–Crippen LogP) is 2.81. The summed E-state index contributed by atoms with van der Waals surface area (Å²) < 4.78 is 11.7. The van der Waals surface area contributed by atoms with Gasteiger partial charge in [0.1, 0.15) is 5.60 Å². The van der Waals surface area contributed by atoms with Gasteiger partial charge in [-0.15, -0.1) is 0 Å². The molecule has 1 aliphatic rings. The van der Waals surface area contributed by atoms with Crippen molar-refractivity contribution < 1.29 is 14.6 Å². The summed E-state index contributed by atoms with van der Waals surface area (Å²) in [4.78, 5) is 2.26. The van der Waals surface area contributed by atoms with E-state index in [1.54, 1.807) is 0 Å². The highest BCUT2D eigenvalue weighted by Crippen LogP contribution is 2.29. The van der Waals surface area contributed by atoms with Gasteiger partial charge in [-0.25, -0.2) is 0 Å². The zero-order valence-electron chi connectivity index (χ0n) is 14.8. The lowest BCUT2D eigenvalue weighted by molar-refractivity contribution is -0.113. The first-order chi connectivity index (χ1) is 12.2. The molecule has 1 fully saturated rings. The van der Waals surface area contributed by atoms with Crippen LogP contribution in [0.5, 0.6) is 0 Å². The fourth-order valence-electron chi connectivity index (χ4n) is 3.31. The highest BCUT2D eigenvalue weighted by molar-refractivity contribution is 5.22. The molecular weight excluding hydrogens is 314 g/mol. The number of morpholine rings is 1. The molecule has 3 rings (SSSR count). The van der Waals surface area contributed by atoms with E-state index in [9.17, 15) is 5.11 Å². The third kappa shape index (κ3) is 5.13. The summed E-state index contributed by atoms with van der Waals surface area (Å²) in [6, 6.07) is 20.3. The normalized spacial score (nSPS) is 22.6. The number of hydrogen-bond acceptors (Lipinski definition) is 4. The van der Waals surface area contributed by atoms with Crippen LogP contribution in [0.1, 0.15) is 18.1 Å². The van der Waals surface area contributed by atoms with Crippen LogP contribution >= 0.6 is 0 Å². The van der Waals surface area contributed by atoms with E-state index in [4.69, 9.17) is 9.47 Å². The number of β-amino-alcohol motifs (C(OH)–C–C–N with tert-alkyl or cyclic N) is 1. The predicted molar refractivity (Wildman–Crippen MR) is 98.3 cm³/mol. The van der Waals surface area contributed by atoms with Crippen molar-refractivity contribution in [2.75, 3.05) is 32.8 Å². The van der Waals surface area contributed by atoms with Gasteiger partial charge < -0.3 is 14.6 Å². The Morgan fingerprint density at radius 2 is 1.80 bits per heavy atom. The van der Waals surface area contributed by atoms with Crippen molar-refractivity contribution in [2.24, 2.45) is 0 Å². The lowest BCUT2D eigenvalue weighted by Gasteiger charge is -2.41. The fourth-order valence-corrected chi connectivity index (χ4v) is 3.31. The maximum Gasteiger partial charge on any atom is 0.103 e. The molecule has 0 aliphatic carbocycles.